The van der Waals surface area contributed by atoms with Crippen LogP contribution in [-0.2, 0) is 0 Å². The summed E-state index contributed by atoms with van der Waals surface area (Å²) in [7, 11) is 0. The summed E-state index contributed by atoms with van der Waals surface area (Å²) in [6, 6.07) is 6.45. The molecule has 0 saturated carbocycles. The van der Waals surface area contributed by atoms with Crippen molar-refractivity contribution in [3.05, 3.63) is 54.3 Å². The van der Waals surface area contributed by atoms with Crippen LogP contribution in [0.1, 0.15) is 51.4 Å². The Kier molecular flexibility index (Phi) is 12.6. The maximum atomic E-state index is 3.78. The molecule has 1 aromatic carbocycles. The van der Waals surface area contributed by atoms with Crippen LogP contribution in [0.5, 0.6) is 0 Å². The lowest BCUT2D eigenvalue weighted by Gasteiger charge is -1.92. The van der Waals surface area contributed by atoms with Crippen LogP contribution in [0.4, 0.5) is 0 Å². The highest BCUT2D eigenvalue weighted by atomic mass is 14.7. The molecule has 0 aliphatic heterocycles. The maximum absolute atomic E-state index is 3.78. The highest BCUT2D eigenvalue weighted by Crippen LogP contribution is 2.22. The molecule has 112 valence electrons. The van der Waals surface area contributed by atoms with Gasteiger partial charge < -0.3 is 4.98 Å². The number of hydrogen-bond donors (Lipinski definition) is 1. The molecular weight excluding hydrogens is 242 g/mol. The number of rotatable bonds is 1. The fraction of sp³-hybridized carbons (Fsp3) is 0.368. The molecule has 1 aromatic heterocycles. The van der Waals surface area contributed by atoms with E-state index in [2.05, 4.69) is 50.2 Å². The van der Waals surface area contributed by atoms with Gasteiger partial charge in [-0.05, 0) is 44.0 Å². The number of benzene rings is 1. The van der Waals surface area contributed by atoms with Gasteiger partial charge in [-0.25, -0.2) is 0 Å². The van der Waals surface area contributed by atoms with Gasteiger partial charge in [-0.15, -0.1) is 6.58 Å². The minimum Gasteiger partial charge on any atom is -0.355 e. The SMILES string of the molecule is C=CC.C=Cc1[nH]c2cc(C)ccc2c1C.CC.CC. The lowest BCUT2D eigenvalue weighted by atomic mass is 10.1. The number of aromatic amines is 1. The first-order valence-electron chi connectivity index (χ1n) is 7.42. The van der Waals surface area contributed by atoms with Crippen molar-refractivity contribution in [1.82, 2.24) is 4.98 Å². The predicted octanol–water partition coefficient (Wildman–Crippen LogP) is 6.67. The molecule has 0 aliphatic rings. The lowest BCUT2D eigenvalue weighted by Crippen LogP contribution is -1.72. The summed E-state index contributed by atoms with van der Waals surface area (Å²) in [4.78, 5) is 3.34. The van der Waals surface area contributed by atoms with Gasteiger partial charge in [0.15, 0.2) is 0 Å². The van der Waals surface area contributed by atoms with E-state index in [1.165, 1.54) is 22.0 Å². The quantitative estimate of drug-likeness (QED) is 0.558. The Balaban J connectivity index is 0. The monoisotopic (exact) mass is 273 g/mol. The van der Waals surface area contributed by atoms with E-state index >= 15 is 0 Å². The third-order valence-corrected chi connectivity index (χ3v) is 2.46. The average molecular weight is 273 g/mol. The number of hydrogen-bond acceptors (Lipinski definition) is 0. The van der Waals surface area contributed by atoms with Crippen molar-refractivity contribution >= 4 is 17.0 Å². The number of aromatic nitrogens is 1. The van der Waals surface area contributed by atoms with Gasteiger partial charge in [-0.2, -0.15) is 0 Å². The number of aryl methyl sites for hydroxylation is 2. The molecule has 0 aliphatic carbocycles. The fourth-order valence-corrected chi connectivity index (χ4v) is 1.68. The number of fused-ring (bicyclic) bond motifs is 1. The Morgan fingerprint density at radius 3 is 1.95 bits per heavy atom. The number of H-pyrrole nitrogens is 1. The molecule has 0 radical (unpaired) electrons. The molecule has 2 rings (SSSR count). The Morgan fingerprint density at radius 1 is 1.00 bits per heavy atom. The van der Waals surface area contributed by atoms with Crippen LogP contribution in [0.2, 0.25) is 0 Å². The van der Waals surface area contributed by atoms with E-state index < -0.39 is 0 Å². The minimum absolute atomic E-state index is 1.13. The topological polar surface area (TPSA) is 15.8 Å². The molecular formula is C19H31N. The van der Waals surface area contributed by atoms with Crippen LogP contribution < -0.4 is 0 Å². The van der Waals surface area contributed by atoms with E-state index in [0.717, 1.165) is 5.69 Å². The van der Waals surface area contributed by atoms with Crippen molar-refractivity contribution in [3.8, 4) is 0 Å². The van der Waals surface area contributed by atoms with Gasteiger partial charge in [-0.3, -0.25) is 0 Å². The average Bonchev–Trinajstić information content (AvgIpc) is 2.80. The van der Waals surface area contributed by atoms with Crippen LogP contribution >= 0.6 is 0 Å². The van der Waals surface area contributed by atoms with Gasteiger partial charge in [0, 0.05) is 16.6 Å². The first-order valence-corrected chi connectivity index (χ1v) is 7.42. The van der Waals surface area contributed by atoms with E-state index in [1.807, 2.05) is 40.7 Å². The van der Waals surface area contributed by atoms with E-state index in [1.54, 1.807) is 6.08 Å². The lowest BCUT2D eigenvalue weighted by molar-refractivity contribution is 1.37. The second-order valence-corrected chi connectivity index (χ2v) is 3.83. The molecule has 2 aromatic rings. The highest BCUT2D eigenvalue weighted by molar-refractivity contribution is 5.87. The zero-order valence-corrected chi connectivity index (χ0v) is 14.3. The number of nitrogens with one attached hydrogen (secondary N) is 1. The Bertz CT molecular complexity index is 504. The van der Waals surface area contributed by atoms with Crippen LogP contribution in [0.15, 0.2) is 37.4 Å². The Hall–Kier alpha value is -1.76. The summed E-state index contributed by atoms with van der Waals surface area (Å²) in [5, 5.41) is 1.29. The first-order chi connectivity index (χ1) is 9.63. The minimum atomic E-state index is 1.13. The Labute approximate surface area is 125 Å². The smallest absolute Gasteiger partial charge is 0.0464 e. The van der Waals surface area contributed by atoms with Gasteiger partial charge in [0.1, 0.15) is 0 Å². The highest BCUT2D eigenvalue weighted by Gasteiger charge is 2.03. The fourth-order valence-electron chi connectivity index (χ4n) is 1.68. The Morgan fingerprint density at radius 2 is 1.50 bits per heavy atom. The summed E-state index contributed by atoms with van der Waals surface area (Å²) in [5.41, 5.74) is 4.89. The van der Waals surface area contributed by atoms with Crippen molar-refractivity contribution in [3.63, 3.8) is 0 Å². The van der Waals surface area contributed by atoms with Crippen molar-refractivity contribution in [2.45, 2.75) is 48.5 Å². The van der Waals surface area contributed by atoms with Gasteiger partial charge >= 0.3 is 0 Å². The predicted molar refractivity (Wildman–Crippen MR) is 96.4 cm³/mol. The van der Waals surface area contributed by atoms with Crippen LogP contribution in [-0.4, -0.2) is 4.98 Å². The summed E-state index contributed by atoms with van der Waals surface area (Å²) in [6.45, 7) is 21.2. The third-order valence-electron chi connectivity index (χ3n) is 2.46. The molecule has 1 heterocycles. The summed E-state index contributed by atoms with van der Waals surface area (Å²) in [5.74, 6) is 0. The molecule has 20 heavy (non-hydrogen) atoms. The molecule has 1 N–H and O–H groups in total. The zero-order chi connectivity index (χ0) is 16.1. The standard InChI is InChI=1S/C12H13N.C3H6.2C2H6/c1-4-11-9(3)10-6-5-8(2)7-12(10)13-11;1-3-2;2*1-2/h4-7,13H,1H2,2-3H3;3H,1H2,2H3;2*1-2H3. The van der Waals surface area contributed by atoms with Gasteiger partial charge in [-0.1, -0.05) is 52.5 Å². The summed E-state index contributed by atoms with van der Waals surface area (Å²) >= 11 is 0. The third kappa shape index (κ3) is 5.92. The summed E-state index contributed by atoms with van der Waals surface area (Å²) in [6.07, 6.45) is 3.62. The summed E-state index contributed by atoms with van der Waals surface area (Å²) < 4.78 is 0. The molecule has 1 heteroatoms. The normalized spacial score (nSPS) is 8.15. The zero-order valence-electron chi connectivity index (χ0n) is 14.3. The molecule has 0 amide bonds. The van der Waals surface area contributed by atoms with Crippen molar-refractivity contribution in [2.75, 3.05) is 0 Å². The molecule has 0 spiro atoms. The second-order valence-electron chi connectivity index (χ2n) is 3.83. The van der Waals surface area contributed by atoms with E-state index in [9.17, 15) is 0 Å². The maximum Gasteiger partial charge on any atom is 0.0464 e. The number of allylic oxidation sites excluding steroid dienone is 1. The second kappa shape index (κ2) is 12.3. The molecule has 0 saturated heterocycles. The van der Waals surface area contributed by atoms with Crippen LogP contribution in [0.3, 0.4) is 0 Å². The van der Waals surface area contributed by atoms with E-state index in [0.29, 0.717) is 0 Å². The molecule has 0 atom stereocenters. The van der Waals surface area contributed by atoms with Gasteiger partial charge in [0.2, 0.25) is 0 Å². The molecule has 0 fully saturated rings. The van der Waals surface area contributed by atoms with Crippen molar-refractivity contribution < 1.29 is 0 Å². The first kappa shape index (κ1) is 20.6. The van der Waals surface area contributed by atoms with Crippen LogP contribution in [0.25, 0.3) is 17.0 Å². The van der Waals surface area contributed by atoms with Gasteiger partial charge in [0.25, 0.3) is 0 Å². The van der Waals surface area contributed by atoms with E-state index in [-0.39, 0.29) is 0 Å². The largest absolute Gasteiger partial charge is 0.355 e. The molecule has 1 nitrogen and oxygen atoms in total. The van der Waals surface area contributed by atoms with Crippen LogP contribution in [0, 0.1) is 13.8 Å². The van der Waals surface area contributed by atoms with Gasteiger partial charge in [0.05, 0.1) is 0 Å². The van der Waals surface area contributed by atoms with Crippen molar-refractivity contribution in [1.29, 1.82) is 0 Å². The van der Waals surface area contributed by atoms with Crippen molar-refractivity contribution in [2.24, 2.45) is 0 Å². The van der Waals surface area contributed by atoms with E-state index in [4.69, 9.17) is 0 Å². The molecule has 0 bridgehead atoms. The molecule has 0 unspecified atom stereocenters.